The fourth-order valence-electron chi connectivity index (χ4n) is 3.77. The first-order chi connectivity index (χ1) is 14.0. The first-order valence-corrected chi connectivity index (χ1v) is 9.89. The summed E-state index contributed by atoms with van der Waals surface area (Å²) < 4.78 is 14.9. The molecule has 2 heterocycles. The molecule has 0 radical (unpaired) electrons. The van der Waals surface area contributed by atoms with E-state index in [1.54, 1.807) is 23.0 Å². The lowest BCUT2D eigenvalue weighted by atomic mass is 10.1. The number of aromatic nitrogens is 2. The highest BCUT2D eigenvalue weighted by atomic mass is 19.1. The SMILES string of the molecule is Cc1ccccc1CN1CCN(C(=O)c2cnn(-c3ccc(F)cc3)c2C)CC1. The third-order valence-corrected chi connectivity index (χ3v) is 5.63. The molecule has 6 heteroatoms. The fraction of sp³-hybridized carbons (Fsp3) is 0.304. The molecular formula is C23H25FN4O. The molecule has 3 aromatic rings. The molecule has 0 unspecified atom stereocenters. The second-order valence-corrected chi connectivity index (χ2v) is 7.53. The molecular weight excluding hydrogens is 367 g/mol. The maximum absolute atomic E-state index is 13.2. The number of benzene rings is 2. The van der Waals surface area contributed by atoms with Crippen LogP contribution < -0.4 is 0 Å². The molecule has 29 heavy (non-hydrogen) atoms. The molecule has 1 amide bonds. The minimum absolute atomic E-state index is 0.00593. The minimum atomic E-state index is -0.293. The molecule has 1 saturated heterocycles. The van der Waals surface area contributed by atoms with Crippen LogP contribution in [0.1, 0.15) is 27.2 Å². The lowest BCUT2D eigenvalue weighted by Gasteiger charge is -2.35. The van der Waals surface area contributed by atoms with Crippen molar-refractivity contribution in [1.29, 1.82) is 0 Å². The van der Waals surface area contributed by atoms with Crippen molar-refractivity contribution in [2.24, 2.45) is 0 Å². The second kappa shape index (κ2) is 8.17. The molecule has 4 rings (SSSR count). The number of amides is 1. The van der Waals surface area contributed by atoms with Crippen molar-refractivity contribution in [1.82, 2.24) is 19.6 Å². The van der Waals surface area contributed by atoms with Gasteiger partial charge in [-0.05, 0) is 49.2 Å². The van der Waals surface area contributed by atoms with Gasteiger partial charge in [-0.3, -0.25) is 9.69 Å². The van der Waals surface area contributed by atoms with Gasteiger partial charge in [0.15, 0.2) is 0 Å². The van der Waals surface area contributed by atoms with Crippen LogP contribution in [-0.2, 0) is 6.54 Å². The van der Waals surface area contributed by atoms with Crippen molar-refractivity contribution in [3.63, 3.8) is 0 Å². The van der Waals surface area contributed by atoms with Gasteiger partial charge in [-0.25, -0.2) is 9.07 Å². The van der Waals surface area contributed by atoms with Crippen LogP contribution >= 0.6 is 0 Å². The normalized spacial score (nSPS) is 14.9. The molecule has 1 aliphatic rings. The predicted molar refractivity (Wildman–Crippen MR) is 111 cm³/mol. The Morgan fingerprint density at radius 3 is 2.38 bits per heavy atom. The van der Waals surface area contributed by atoms with Crippen molar-refractivity contribution >= 4 is 5.91 Å². The van der Waals surface area contributed by atoms with Crippen LogP contribution in [0.25, 0.3) is 5.69 Å². The third-order valence-electron chi connectivity index (χ3n) is 5.63. The maximum atomic E-state index is 13.2. The number of hydrogen-bond donors (Lipinski definition) is 0. The highest BCUT2D eigenvalue weighted by molar-refractivity contribution is 5.95. The molecule has 0 aliphatic carbocycles. The topological polar surface area (TPSA) is 41.4 Å². The molecule has 1 aliphatic heterocycles. The Balaban J connectivity index is 1.41. The van der Waals surface area contributed by atoms with Crippen LogP contribution in [0.5, 0.6) is 0 Å². The quantitative estimate of drug-likeness (QED) is 0.681. The molecule has 2 aromatic carbocycles. The Labute approximate surface area is 170 Å². The summed E-state index contributed by atoms with van der Waals surface area (Å²) in [5.74, 6) is -0.287. The lowest BCUT2D eigenvalue weighted by molar-refractivity contribution is 0.0627. The number of piperazine rings is 1. The largest absolute Gasteiger partial charge is 0.336 e. The number of nitrogens with zero attached hydrogens (tertiary/aromatic N) is 4. The van der Waals surface area contributed by atoms with Crippen molar-refractivity contribution in [2.75, 3.05) is 26.2 Å². The molecule has 1 aromatic heterocycles. The molecule has 0 bridgehead atoms. The van der Waals surface area contributed by atoms with Gasteiger partial charge >= 0.3 is 0 Å². The number of carbonyl (C=O) groups is 1. The Morgan fingerprint density at radius 1 is 1.00 bits per heavy atom. The van der Waals surface area contributed by atoms with E-state index in [4.69, 9.17) is 0 Å². The standard InChI is InChI=1S/C23H25FN4O/c1-17-5-3-4-6-19(17)16-26-11-13-27(14-12-26)23(29)22-15-25-28(18(22)2)21-9-7-20(24)8-10-21/h3-10,15H,11-14,16H2,1-2H3. The van der Waals surface area contributed by atoms with Gasteiger partial charge in [0, 0.05) is 32.7 Å². The zero-order chi connectivity index (χ0) is 20.4. The number of hydrogen-bond acceptors (Lipinski definition) is 3. The van der Waals surface area contributed by atoms with Crippen LogP contribution in [0.2, 0.25) is 0 Å². The van der Waals surface area contributed by atoms with Gasteiger partial charge in [-0.1, -0.05) is 24.3 Å². The van der Waals surface area contributed by atoms with E-state index in [-0.39, 0.29) is 11.7 Å². The van der Waals surface area contributed by atoms with E-state index in [2.05, 4.69) is 41.2 Å². The summed E-state index contributed by atoms with van der Waals surface area (Å²) in [4.78, 5) is 17.3. The highest BCUT2D eigenvalue weighted by Gasteiger charge is 2.25. The van der Waals surface area contributed by atoms with E-state index in [0.29, 0.717) is 18.7 Å². The molecule has 0 N–H and O–H groups in total. The number of halogens is 1. The Morgan fingerprint density at radius 2 is 1.69 bits per heavy atom. The van der Waals surface area contributed by atoms with Crippen LogP contribution in [-0.4, -0.2) is 51.7 Å². The number of aryl methyl sites for hydroxylation is 1. The van der Waals surface area contributed by atoms with E-state index < -0.39 is 0 Å². The fourth-order valence-corrected chi connectivity index (χ4v) is 3.77. The van der Waals surface area contributed by atoms with Gasteiger partial charge in [0.25, 0.3) is 5.91 Å². The summed E-state index contributed by atoms with van der Waals surface area (Å²) in [5, 5.41) is 4.35. The molecule has 1 fully saturated rings. The monoisotopic (exact) mass is 392 g/mol. The van der Waals surface area contributed by atoms with Gasteiger partial charge in [0.2, 0.25) is 0 Å². The van der Waals surface area contributed by atoms with Gasteiger partial charge in [0.1, 0.15) is 5.82 Å². The summed E-state index contributed by atoms with van der Waals surface area (Å²) in [6, 6.07) is 14.5. The second-order valence-electron chi connectivity index (χ2n) is 7.53. The van der Waals surface area contributed by atoms with E-state index in [9.17, 15) is 9.18 Å². The van der Waals surface area contributed by atoms with Gasteiger partial charge in [-0.2, -0.15) is 5.10 Å². The van der Waals surface area contributed by atoms with E-state index >= 15 is 0 Å². The van der Waals surface area contributed by atoms with Crippen molar-refractivity contribution in [2.45, 2.75) is 20.4 Å². The van der Waals surface area contributed by atoms with E-state index in [0.717, 1.165) is 31.0 Å². The lowest BCUT2D eigenvalue weighted by Crippen LogP contribution is -2.48. The van der Waals surface area contributed by atoms with Crippen molar-refractivity contribution in [3.8, 4) is 5.69 Å². The molecule has 0 atom stereocenters. The Kier molecular flexibility index (Phi) is 5.45. The Hall–Kier alpha value is -2.99. The van der Waals surface area contributed by atoms with Crippen LogP contribution in [0.3, 0.4) is 0 Å². The highest BCUT2D eigenvalue weighted by Crippen LogP contribution is 2.18. The van der Waals surface area contributed by atoms with Crippen LogP contribution in [0.15, 0.2) is 54.7 Å². The molecule has 5 nitrogen and oxygen atoms in total. The van der Waals surface area contributed by atoms with Crippen LogP contribution in [0, 0.1) is 19.7 Å². The van der Waals surface area contributed by atoms with E-state index in [1.807, 2.05) is 11.8 Å². The number of rotatable bonds is 4. The summed E-state index contributed by atoms with van der Waals surface area (Å²) in [5.41, 5.74) is 4.75. The molecule has 0 spiro atoms. The predicted octanol–water partition coefficient (Wildman–Crippen LogP) is 3.59. The maximum Gasteiger partial charge on any atom is 0.257 e. The summed E-state index contributed by atoms with van der Waals surface area (Å²) >= 11 is 0. The van der Waals surface area contributed by atoms with E-state index in [1.165, 1.54) is 23.3 Å². The van der Waals surface area contributed by atoms with Crippen molar-refractivity contribution < 1.29 is 9.18 Å². The third kappa shape index (κ3) is 4.07. The smallest absolute Gasteiger partial charge is 0.257 e. The number of carbonyl (C=O) groups excluding carboxylic acids is 1. The summed E-state index contributed by atoms with van der Waals surface area (Å²) in [7, 11) is 0. The van der Waals surface area contributed by atoms with Crippen molar-refractivity contribution in [3.05, 3.63) is 82.9 Å². The van der Waals surface area contributed by atoms with Crippen LogP contribution in [0.4, 0.5) is 4.39 Å². The van der Waals surface area contributed by atoms with Gasteiger partial charge in [-0.15, -0.1) is 0 Å². The summed E-state index contributed by atoms with van der Waals surface area (Å²) in [6.45, 7) is 8.03. The molecule has 150 valence electrons. The average molecular weight is 392 g/mol. The average Bonchev–Trinajstić information content (AvgIpc) is 3.12. The van der Waals surface area contributed by atoms with Gasteiger partial charge in [0.05, 0.1) is 23.1 Å². The zero-order valence-electron chi connectivity index (χ0n) is 16.8. The first kappa shape index (κ1) is 19.3. The van der Waals surface area contributed by atoms with Gasteiger partial charge < -0.3 is 4.90 Å². The summed E-state index contributed by atoms with van der Waals surface area (Å²) in [6.07, 6.45) is 1.61. The molecule has 0 saturated carbocycles. The minimum Gasteiger partial charge on any atom is -0.336 e. The Bertz CT molecular complexity index is 1000. The first-order valence-electron chi connectivity index (χ1n) is 9.89. The zero-order valence-corrected chi connectivity index (χ0v) is 16.8.